The Morgan fingerprint density at radius 1 is 0.846 bits per heavy atom. The first-order valence-corrected chi connectivity index (χ1v) is 4.60. The summed E-state index contributed by atoms with van der Waals surface area (Å²) in [4.78, 5) is 4.23. The molecule has 1 aliphatic rings. The van der Waals surface area contributed by atoms with Gasteiger partial charge in [0.2, 0.25) is 0 Å². The zero-order valence-corrected chi connectivity index (χ0v) is 10.9. The van der Waals surface area contributed by atoms with Crippen LogP contribution in [0.1, 0.15) is 0 Å². The van der Waals surface area contributed by atoms with Gasteiger partial charge in [0.15, 0.2) is 0 Å². The summed E-state index contributed by atoms with van der Waals surface area (Å²) in [5, 5.41) is 9.91. The molecule has 0 aliphatic carbocycles. The van der Waals surface area contributed by atoms with Gasteiger partial charge in [-0.1, -0.05) is 0 Å². The number of rotatable bonds is 0. The minimum absolute atomic E-state index is 0. The third-order valence-electron chi connectivity index (χ3n) is 1.74. The zero-order valence-electron chi connectivity index (χ0n) is 8.05. The van der Waals surface area contributed by atoms with E-state index in [0.717, 1.165) is 45.8 Å². The average Bonchev–Trinajstić information content (AvgIpc) is 2.05. The Bertz CT molecular complexity index is 115. The smallest absolute Gasteiger partial charge is 0.0510 e. The van der Waals surface area contributed by atoms with Gasteiger partial charge in [-0.2, -0.15) is 0 Å². The largest absolute Gasteiger partial charge is 0.314 e. The predicted molar refractivity (Wildman–Crippen MR) is 52.0 cm³/mol. The van der Waals surface area contributed by atoms with Gasteiger partial charge in [-0.05, 0) is 0 Å². The van der Waals surface area contributed by atoms with Crippen LogP contribution < -0.4 is 16.0 Å². The Balaban J connectivity index is 0.00000144. The van der Waals surface area contributed by atoms with E-state index in [9.17, 15) is 0 Å². The van der Waals surface area contributed by atoms with Crippen molar-refractivity contribution in [2.24, 2.45) is 4.99 Å². The summed E-state index contributed by atoms with van der Waals surface area (Å²) >= 11 is 0. The van der Waals surface area contributed by atoms with Crippen LogP contribution >= 0.6 is 0 Å². The fourth-order valence-electron chi connectivity index (χ4n) is 1.07. The number of hydrogen-bond donors (Lipinski definition) is 3. The number of aliphatic imine (C=N–C) groups is 1. The molecule has 0 atom stereocenters. The van der Waals surface area contributed by atoms with Crippen molar-refractivity contribution in [3.63, 3.8) is 0 Å². The standard InChI is InChI=1S/C8H18N4.Y/c1-2-10-5-6-12-8-7-11-4-3-9-1;/h1,10-12H,2-8H2;. The second kappa shape index (κ2) is 10.7. The molecule has 0 amide bonds. The molecule has 1 heterocycles. The van der Waals surface area contributed by atoms with E-state index < -0.39 is 0 Å². The van der Waals surface area contributed by atoms with Gasteiger partial charge in [0.25, 0.3) is 0 Å². The molecule has 0 fully saturated rings. The second-order valence-electron chi connectivity index (χ2n) is 2.79. The van der Waals surface area contributed by atoms with Crippen molar-refractivity contribution in [1.29, 1.82) is 0 Å². The van der Waals surface area contributed by atoms with E-state index in [1.807, 2.05) is 6.21 Å². The van der Waals surface area contributed by atoms with Gasteiger partial charge in [0, 0.05) is 78.2 Å². The third-order valence-corrected chi connectivity index (χ3v) is 1.74. The van der Waals surface area contributed by atoms with Crippen molar-refractivity contribution in [3.8, 4) is 0 Å². The van der Waals surface area contributed by atoms with Crippen LogP contribution in [0.4, 0.5) is 0 Å². The quantitative estimate of drug-likeness (QED) is 0.514. The molecule has 0 spiro atoms. The molecule has 0 bridgehead atoms. The zero-order chi connectivity index (χ0) is 8.49. The van der Waals surface area contributed by atoms with E-state index in [2.05, 4.69) is 20.9 Å². The molecule has 4 nitrogen and oxygen atoms in total. The maximum absolute atomic E-state index is 4.23. The van der Waals surface area contributed by atoms with E-state index in [1.165, 1.54) is 0 Å². The molecule has 1 rings (SSSR count). The summed E-state index contributed by atoms with van der Waals surface area (Å²) in [5.74, 6) is 0. The molecule has 13 heavy (non-hydrogen) atoms. The molecule has 0 aromatic rings. The van der Waals surface area contributed by atoms with Crippen LogP contribution in [0.25, 0.3) is 0 Å². The molecule has 1 aliphatic heterocycles. The summed E-state index contributed by atoms with van der Waals surface area (Å²) in [6.07, 6.45) is 1.95. The van der Waals surface area contributed by atoms with Crippen LogP contribution in [0.2, 0.25) is 0 Å². The first kappa shape index (κ1) is 13.7. The normalized spacial score (nSPS) is 20.9. The molecule has 3 N–H and O–H groups in total. The maximum Gasteiger partial charge on any atom is 0.0510 e. The minimum Gasteiger partial charge on any atom is -0.314 e. The van der Waals surface area contributed by atoms with Crippen LogP contribution in [0, 0.1) is 0 Å². The fourth-order valence-corrected chi connectivity index (χ4v) is 1.07. The van der Waals surface area contributed by atoms with Gasteiger partial charge in [-0.15, -0.1) is 0 Å². The predicted octanol–water partition coefficient (Wildman–Crippen LogP) is -1.16. The van der Waals surface area contributed by atoms with E-state index in [0.29, 0.717) is 0 Å². The Morgan fingerprint density at radius 2 is 1.46 bits per heavy atom. The maximum atomic E-state index is 4.23. The van der Waals surface area contributed by atoms with Crippen LogP contribution in [0.5, 0.6) is 0 Å². The van der Waals surface area contributed by atoms with Crippen molar-refractivity contribution >= 4 is 6.21 Å². The average molecular weight is 259 g/mol. The van der Waals surface area contributed by atoms with Gasteiger partial charge in [0.1, 0.15) is 0 Å². The van der Waals surface area contributed by atoms with Crippen molar-refractivity contribution < 1.29 is 32.7 Å². The summed E-state index contributed by atoms with van der Waals surface area (Å²) in [6.45, 7) is 6.91. The van der Waals surface area contributed by atoms with E-state index in [4.69, 9.17) is 0 Å². The van der Waals surface area contributed by atoms with Crippen molar-refractivity contribution in [2.45, 2.75) is 0 Å². The van der Waals surface area contributed by atoms with E-state index >= 15 is 0 Å². The Morgan fingerprint density at radius 3 is 2.23 bits per heavy atom. The molecule has 0 unspecified atom stereocenters. The van der Waals surface area contributed by atoms with E-state index in [1.54, 1.807) is 0 Å². The Hall–Kier alpha value is 0.654. The molecule has 0 aromatic heterocycles. The van der Waals surface area contributed by atoms with Gasteiger partial charge >= 0.3 is 0 Å². The van der Waals surface area contributed by atoms with Crippen LogP contribution in [0.3, 0.4) is 0 Å². The summed E-state index contributed by atoms with van der Waals surface area (Å²) < 4.78 is 0. The number of hydrogen-bond acceptors (Lipinski definition) is 4. The fraction of sp³-hybridized carbons (Fsp3) is 0.875. The third kappa shape index (κ3) is 8.97. The molecule has 0 saturated heterocycles. The first-order chi connectivity index (χ1) is 6.00. The molecule has 0 saturated carbocycles. The molecule has 0 aromatic carbocycles. The molecular weight excluding hydrogens is 241 g/mol. The van der Waals surface area contributed by atoms with Gasteiger partial charge in [0.05, 0.1) is 6.54 Å². The molecule has 5 heteroatoms. The summed E-state index contributed by atoms with van der Waals surface area (Å²) in [6, 6.07) is 0. The monoisotopic (exact) mass is 259 g/mol. The van der Waals surface area contributed by atoms with Crippen molar-refractivity contribution in [2.75, 3.05) is 45.8 Å². The number of nitrogens with zero attached hydrogens (tertiary/aromatic N) is 1. The van der Waals surface area contributed by atoms with Gasteiger partial charge in [-0.3, -0.25) is 4.99 Å². The first-order valence-electron chi connectivity index (χ1n) is 4.60. The Kier molecular flexibility index (Phi) is 11.3. The van der Waals surface area contributed by atoms with Crippen LogP contribution in [0.15, 0.2) is 4.99 Å². The molecular formula is C8H18N4Y. The number of nitrogens with one attached hydrogen (secondary N) is 3. The van der Waals surface area contributed by atoms with Gasteiger partial charge in [-0.25, -0.2) is 0 Å². The minimum atomic E-state index is 0. The topological polar surface area (TPSA) is 48.5 Å². The Labute approximate surface area is 105 Å². The van der Waals surface area contributed by atoms with Gasteiger partial charge < -0.3 is 16.0 Å². The summed E-state index contributed by atoms with van der Waals surface area (Å²) in [5.41, 5.74) is 0. The van der Waals surface area contributed by atoms with E-state index in [-0.39, 0.29) is 32.7 Å². The van der Waals surface area contributed by atoms with Crippen molar-refractivity contribution in [1.82, 2.24) is 16.0 Å². The van der Waals surface area contributed by atoms with Crippen LogP contribution in [-0.2, 0) is 32.7 Å². The SMILES string of the molecule is C1=NCCNCCNCCNC1.[Y]. The van der Waals surface area contributed by atoms with Crippen LogP contribution in [-0.4, -0.2) is 52.0 Å². The van der Waals surface area contributed by atoms with Crippen molar-refractivity contribution in [3.05, 3.63) is 0 Å². The molecule has 73 valence electrons. The molecule has 1 radical (unpaired) electrons. The summed E-state index contributed by atoms with van der Waals surface area (Å²) in [7, 11) is 0. The second-order valence-corrected chi connectivity index (χ2v) is 2.79.